The van der Waals surface area contributed by atoms with E-state index >= 15 is 0 Å². The molecule has 2 nitrogen and oxygen atoms in total. The van der Waals surface area contributed by atoms with Gasteiger partial charge in [-0.25, -0.2) is 0 Å². The molecule has 1 amide bonds. The number of carbonyl (C=O) groups is 1. The number of amides is 1. The number of rotatable bonds is 1. The van der Waals surface area contributed by atoms with Gasteiger partial charge in [0.25, 0.3) is 0 Å². The van der Waals surface area contributed by atoms with Gasteiger partial charge in [0.2, 0.25) is 5.91 Å². The van der Waals surface area contributed by atoms with E-state index < -0.39 is 0 Å². The Morgan fingerprint density at radius 1 is 1.64 bits per heavy atom. The molecule has 0 aromatic carbocycles. The van der Waals surface area contributed by atoms with Gasteiger partial charge in [-0.2, -0.15) is 0 Å². The predicted molar refractivity (Wildman–Crippen MR) is 54.6 cm³/mol. The van der Waals surface area contributed by atoms with Crippen LogP contribution in [0.2, 0.25) is 0 Å². The average molecular weight is 191 g/mol. The summed E-state index contributed by atoms with van der Waals surface area (Å²) in [5.41, 5.74) is 1.95. The normalized spacial score (nSPS) is 44.6. The minimum atomic E-state index is 0.266. The van der Waals surface area contributed by atoms with Crippen LogP contribution in [0.15, 0.2) is 11.6 Å². The van der Waals surface area contributed by atoms with Crippen molar-refractivity contribution in [1.82, 2.24) is 5.32 Å². The zero-order valence-electron chi connectivity index (χ0n) is 8.68. The largest absolute Gasteiger partial charge is 0.355 e. The summed E-state index contributed by atoms with van der Waals surface area (Å²) in [5, 5.41) is 2.99. The molecule has 3 aliphatic rings. The molecule has 1 spiro atoms. The molecule has 76 valence electrons. The first-order chi connectivity index (χ1) is 6.73. The zero-order chi connectivity index (χ0) is 9.76. The molecule has 0 radical (unpaired) electrons. The second-order valence-electron chi connectivity index (χ2n) is 5.19. The number of nitrogens with one attached hydrogen (secondary N) is 1. The summed E-state index contributed by atoms with van der Waals surface area (Å²) in [4.78, 5) is 11.3. The summed E-state index contributed by atoms with van der Waals surface area (Å²) in [6.45, 7) is 3.17. The van der Waals surface area contributed by atoms with Crippen molar-refractivity contribution in [2.45, 2.75) is 32.6 Å². The van der Waals surface area contributed by atoms with Crippen molar-refractivity contribution in [3.8, 4) is 0 Å². The zero-order valence-corrected chi connectivity index (χ0v) is 8.68. The van der Waals surface area contributed by atoms with Gasteiger partial charge in [0.05, 0.1) is 0 Å². The van der Waals surface area contributed by atoms with Crippen molar-refractivity contribution in [2.24, 2.45) is 17.3 Å². The molecule has 0 aromatic heterocycles. The van der Waals surface area contributed by atoms with E-state index in [1.807, 2.05) is 0 Å². The van der Waals surface area contributed by atoms with E-state index in [1.54, 1.807) is 5.57 Å². The monoisotopic (exact) mass is 191 g/mol. The van der Waals surface area contributed by atoms with Crippen molar-refractivity contribution in [3.05, 3.63) is 11.6 Å². The van der Waals surface area contributed by atoms with Crippen LogP contribution in [0.5, 0.6) is 0 Å². The van der Waals surface area contributed by atoms with E-state index in [-0.39, 0.29) is 5.91 Å². The van der Waals surface area contributed by atoms with Crippen LogP contribution in [0.4, 0.5) is 0 Å². The van der Waals surface area contributed by atoms with E-state index in [1.165, 1.54) is 19.3 Å². The van der Waals surface area contributed by atoms with Gasteiger partial charge in [-0.05, 0) is 31.1 Å². The fourth-order valence-corrected chi connectivity index (χ4v) is 3.66. The first-order valence-corrected chi connectivity index (χ1v) is 5.70. The fourth-order valence-electron chi connectivity index (χ4n) is 3.66. The first-order valence-electron chi connectivity index (χ1n) is 5.70. The van der Waals surface area contributed by atoms with Crippen LogP contribution in [-0.2, 0) is 4.79 Å². The highest BCUT2D eigenvalue weighted by Crippen LogP contribution is 2.60. The number of hydrogen-bond donors (Lipinski definition) is 1. The van der Waals surface area contributed by atoms with Crippen LogP contribution in [0.1, 0.15) is 32.6 Å². The lowest BCUT2D eigenvalue weighted by atomic mass is 9.54. The summed E-state index contributed by atoms with van der Waals surface area (Å²) >= 11 is 0. The topological polar surface area (TPSA) is 29.1 Å². The van der Waals surface area contributed by atoms with Gasteiger partial charge in [0, 0.05) is 18.4 Å². The minimum absolute atomic E-state index is 0.266. The van der Waals surface area contributed by atoms with Crippen LogP contribution in [0, 0.1) is 17.3 Å². The summed E-state index contributed by atoms with van der Waals surface area (Å²) in [7, 11) is 0. The van der Waals surface area contributed by atoms with Crippen LogP contribution in [0.3, 0.4) is 0 Å². The van der Waals surface area contributed by atoms with Crippen LogP contribution >= 0.6 is 0 Å². The quantitative estimate of drug-likeness (QED) is 0.630. The van der Waals surface area contributed by atoms with Gasteiger partial charge in [0.15, 0.2) is 0 Å². The van der Waals surface area contributed by atoms with E-state index in [2.05, 4.69) is 18.3 Å². The number of carbonyl (C=O) groups excluding carboxylic acids is 1. The van der Waals surface area contributed by atoms with Gasteiger partial charge in [-0.3, -0.25) is 4.79 Å². The molecule has 2 heteroatoms. The predicted octanol–water partition coefficient (Wildman–Crippen LogP) is 1.87. The number of hydrogen-bond acceptors (Lipinski definition) is 1. The molecule has 14 heavy (non-hydrogen) atoms. The van der Waals surface area contributed by atoms with Gasteiger partial charge in [0.1, 0.15) is 0 Å². The first kappa shape index (κ1) is 8.51. The molecule has 3 atom stereocenters. The maximum atomic E-state index is 11.3. The fraction of sp³-hybridized carbons (Fsp3) is 0.750. The molecule has 1 saturated heterocycles. The Kier molecular flexibility index (Phi) is 1.59. The van der Waals surface area contributed by atoms with E-state index in [9.17, 15) is 4.79 Å². The summed E-state index contributed by atoms with van der Waals surface area (Å²) < 4.78 is 0. The van der Waals surface area contributed by atoms with Crippen molar-refractivity contribution in [1.29, 1.82) is 0 Å². The third-order valence-corrected chi connectivity index (χ3v) is 4.43. The minimum Gasteiger partial charge on any atom is -0.355 e. The second kappa shape index (κ2) is 2.62. The highest BCUT2D eigenvalue weighted by molar-refractivity contribution is 5.79. The van der Waals surface area contributed by atoms with Crippen LogP contribution in [-0.4, -0.2) is 12.5 Å². The second-order valence-corrected chi connectivity index (χ2v) is 5.19. The molecule has 1 saturated carbocycles. The Bertz CT molecular complexity index is 320. The highest BCUT2D eigenvalue weighted by Gasteiger charge is 2.57. The standard InChI is InChI=1S/C12H17NO/c1-2-8-3-9-5-12(10(9)4-8)6-11(14)13-7-12/h4,9-10H,2-3,5-7H2,1H3,(H,13,14). The van der Waals surface area contributed by atoms with Crippen molar-refractivity contribution in [2.75, 3.05) is 6.54 Å². The molecular formula is C12H17NO. The highest BCUT2D eigenvalue weighted by atomic mass is 16.1. The molecule has 3 rings (SSSR count). The van der Waals surface area contributed by atoms with Crippen molar-refractivity contribution in [3.63, 3.8) is 0 Å². The van der Waals surface area contributed by atoms with E-state index in [4.69, 9.17) is 0 Å². The van der Waals surface area contributed by atoms with Crippen molar-refractivity contribution < 1.29 is 4.79 Å². The third kappa shape index (κ3) is 0.943. The SMILES string of the molecule is CCC1=CC2C(C1)CC21CNC(=O)C1. The van der Waals surface area contributed by atoms with Crippen LogP contribution in [0.25, 0.3) is 0 Å². The Labute approximate surface area is 84.8 Å². The van der Waals surface area contributed by atoms with Gasteiger partial charge >= 0.3 is 0 Å². The molecule has 0 bridgehead atoms. The van der Waals surface area contributed by atoms with Crippen molar-refractivity contribution >= 4 is 5.91 Å². The summed E-state index contributed by atoms with van der Waals surface area (Å²) in [6, 6.07) is 0. The Hall–Kier alpha value is -0.790. The number of fused-ring (bicyclic) bond motifs is 2. The molecule has 1 aliphatic heterocycles. The smallest absolute Gasteiger partial charge is 0.220 e. The molecule has 3 unspecified atom stereocenters. The maximum Gasteiger partial charge on any atom is 0.220 e. The van der Waals surface area contributed by atoms with Crippen LogP contribution < -0.4 is 5.32 Å². The maximum absolute atomic E-state index is 11.3. The Morgan fingerprint density at radius 2 is 2.50 bits per heavy atom. The Balaban J connectivity index is 1.81. The van der Waals surface area contributed by atoms with E-state index in [0.29, 0.717) is 5.41 Å². The lowest BCUT2D eigenvalue weighted by Gasteiger charge is -2.49. The molecule has 2 aliphatic carbocycles. The molecular weight excluding hydrogens is 174 g/mol. The lowest BCUT2D eigenvalue weighted by molar-refractivity contribution is -0.120. The molecule has 0 aromatic rings. The molecule has 1 N–H and O–H groups in total. The lowest BCUT2D eigenvalue weighted by Crippen LogP contribution is -2.46. The molecule has 2 fully saturated rings. The molecule has 1 heterocycles. The number of allylic oxidation sites excluding steroid dienone is 2. The van der Waals surface area contributed by atoms with Gasteiger partial charge < -0.3 is 5.32 Å². The summed E-state index contributed by atoms with van der Waals surface area (Å²) in [6.07, 6.45) is 7.02. The Morgan fingerprint density at radius 3 is 3.14 bits per heavy atom. The van der Waals surface area contributed by atoms with E-state index in [0.717, 1.165) is 24.8 Å². The van der Waals surface area contributed by atoms with Gasteiger partial charge in [-0.15, -0.1) is 0 Å². The average Bonchev–Trinajstić information content (AvgIpc) is 2.68. The summed E-state index contributed by atoms with van der Waals surface area (Å²) in [5.74, 6) is 1.86. The van der Waals surface area contributed by atoms with Gasteiger partial charge in [-0.1, -0.05) is 18.6 Å². The third-order valence-electron chi connectivity index (χ3n) is 4.43.